The maximum Gasteiger partial charge on any atom is 0.134 e. The SMILES string of the molecule is CCCN1CCN(Cc2cc3ccccc3nc2Cl)CC1. The number of para-hydroxylation sites is 1. The van der Waals surface area contributed by atoms with Gasteiger partial charge in [-0.15, -0.1) is 0 Å². The number of hydrogen-bond acceptors (Lipinski definition) is 3. The third-order valence-electron chi connectivity index (χ3n) is 4.15. The van der Waals surface area contributed by atoms with Crippen LogP contribution in [0.5, 0.6) is 0 Å². The largest absolute Gasteiger partial charge is 0.301 e. The fourth-order valence-electron chi connectivity index (χ4n) is 2.98. The fraction of sp³-hybridized carbons (Fsp3) is 0.471. The molecule has 1 saturated heterocycles. The van der Waals surface area contributed by atoms with E-state index in [1.165, 1.54) is 18.4 Å². The van der Waals surface area contributed by atoms with Crippen LogP contribution in [0.3, 0.4) is 0 Å². The van der Waals surface area contributed by atoms with Gasteiger partial charge in [0.15, 0.2) is 0 Å². The minimum Gasteiger partial charge on any atom is -0.301 e. The van der Waals surface area contributed by atoms with Gasteiger partial charge in [0.2, 0.25) is 0 Å². The standard InChI is InChI=1S/C17H22ClN3/c1-2-7-20-8-10-21(11-9-20)13-15-12-14-5-3-4-6-16(14)19-17(15)18/h3-6,12H,2,7-11,13H2,1H3. The van der Waals surface area contributed by atoms with Crippen LogP contribution in [0.4, 0.5) is 0 Å². The summed E-state index contributed by atoms with van der Waals surface area (Å²) in [5, 5.41) is 1.81. The van der Waals surface area contributed by atoms with Gasteiger partial charge in [-0.2, -0.15) is 0 Å². The zero-order valence-corrected chi connectivity index (χ0v) is 13.3. The molecule has 2 aromatic rings. The summed E-state index contributed by atoms with van der Waals surface area (Å²) in [6.45, 7) is 8.90. The van der Waals surface area contributed by atoms with Crippen molar-refractivity contribution in [3.05, 3.63) is 41.0 Å². The second-order valence-electron chi connectivity index (χ2n) is 5.75. The summed E-state index contributed by atoms with van der Waals surface area (Å²) in [5.74, 6) is 0. The molecule has 0 saturated carbocycles. The number of piperazine rings is 1. The van der Waals surface area contributed by atoms with Gasteiger partial charge in [0.25, 0.3) is 0 Å². The summed E-state index contributed by atoms with van der Waals surface area (Å²) in [5.41, 5.74) is 2.11. The molecule has 0 bridgehead atoms. The van der Waals surface area contributed by atoms with Crippen LogP contribution in [0.2, 0.25) is 5.15 Å². The monoisotopic (exact) mass is 303 g/mol. The van der Waals surface area contributed by atoms with Crippen LogP contribution in [0.25, 0.3) is 10.9 Å². The average Bonchev–Trinajstić information content (AvgIpc) is 2.50. The molecule has 1 aromatic heterocycles. The van der Waals surface area contributed by atoms with Crippen molar-refractivity contribution in [2.75, 3.05) is 32.7 Å². The number of halogens is 1. The molecule has 0 amide bonds. The third-order valence-corrected chi connectivity index (χ3v) is 4.48. The summed E-state index contributed by atoms with van der Waals surface area (Å²) < 4.78 is 0. The topological polar surface area (TPSA) is 19.4 Å². The molecular formula is C17H22ClN3. The third kappa shape index (κ3) is 3.54. The minimum atomic E-state index is 0.643. The molecule has 3 nitrogen and oxygen atoms in total. The maximum atomic E-state index is 6.35. The van der Waals surface area contributed by atoms with Crippen LogP contribution < -0.4 is 0 Å². The molecule has 0 atom stereocenters. The summed E-state index contributed by atoms with van der Waals surface area (Å²) in [6.07, 6.45) is 1.24. The number of fused-ring (bicyclic) bond motifs is 1. The highest BCUT2D eigenvalue weighted by atomic mass is 35.5. The Morgan fingerprint density at radius 2 is 1.81 bits per heavy atom. The van der Waals surface area contributed by atoms with Crippen molar-refractivity contribution in [3.8, 4) is 0 Å². The summed E-state index contributed by atoms with van der Waals surface area (Å²) in [4.78, 5) is 9.53. The molecule has 112 valence electrons. The van der Waals surface area contributed by atoms with E-state index in [1.807, 2.05) is 18.2 Å². The van der Waals surface area contributed by atoms with Crippen LogP contribution >= 0.6 is 11.6 Å². The molecule has 1 fully saturated rings. The molecule has 0 unspecified atom stereocenters. The van der Waals surface area contributed by atoms with Gasteiger partial charge >= 0.3 is 0 Å². The molecular weight excluding hydrogens is 282 g/mol. The Bertz CT molecular complexity index is 606. The van der Waals surface area contributed by atoms with Crippen molar-refractivity contribution >= 4 is 22.5 Å². The summed E-state index contributed by atoms with van der Waals surface area (Å²) >= 11 is 6.35. The molecule has 0 aliphatic carbocycles. The van der Waals surface area contributed by atoms with E-state index in [2.05, 4.69) is 33.8 Å². The second kappa shape index (κ2) is 6.73. The molecule has 21 heavy (non-hydrogen) atoms. The highest BCUT2D eigenvalue weighted by Gasteiger charge is 2.17. The lowest BCUT2D eigenvalue weighted by Gasteiger charge is -2.34. The lowest BCUT2D eigenvalue weighted by Crippen LogP contribution is -2.46. The Morgan fingerprint density at radius 3 is 2.57 bits per heavy atom. The van der Waals surface area contributed by atoms with Gasteiger partial charge in [0.1, 0.15) is 5.15 Å². The van der Waals surface area contributed by atoms with E-state index in [-0.39, 0.29) is 0 Å². The van der Waals surface area contributed by atoms with Gasteiger partial charge in [-0.1, -0.05) is 36.7 Å². The van der Waals surface area contributed by atoms with Crippen LogP contribution in [-0.2, 0) is 6.54 Å². The van der Waals surface area contributed by atoms with Gasteiger partial charge in [0, 0.05) is 43.7 Å². The first-order valence-electron chi connectivity index (χ1n) is 7.75. The van der Waals surface area contributed by atoms with Crippen molar-refractivity contribution in [1.82, 2.24) is 14.8 Å². The van der Waals surface area contributed by atoms with Crippen molar-refractivity contribution in [2.45, 2.75) is 19.9 Å². The Hall–Kier alpha value is -1.16. The highest BCUT2D eigenvalue weighted by molar-refractivity contribution is 6.30. The van der Waals surface area contributed by atoms with E-state index in [4.69, 9.17) is 11.6 Å². The van der Waals surface area contributed by atoms with Gasteiger partial charge in [-0.3, -0.25) is 4.90 Å². The van der Waals surface area contributed by atoms with Gasteiger partial charge < -0.3 is 4.90 Å². The average molecular weight is 304 g/mol. The smallest absolute Gasteiger partial charge is 0.134 e. The Kier molecular flexibility index (Phi) is 4.73. The van der Waals surface area contributed by atoms with Crippen LogP contribution in [0, 0.1) is 0 Å². The van der Waals surface area contributed by atoms with Crippen molar-refractivity contribution in [3.63, 3.8) is 0 Å². The van der Waals surface area contributed by atoms with Crippen molar-refractivity contribution < 1.29 is 0 Å². The zero-order valence-electron chi connectivity index (χ0n) is 12.6. The van der Waals surface area contributed by atoms with Gasteiger partial charge in [-0.25, -0.2) is 4.98 Å². The van der Waals surface area contributed by atoms with Crippen molar-refractivity contribution in [2.24, 2.45) is 0 Å². The molecule has 1 aliphatic heterocycles. The predicted octanol–water partition coefficient (Wildman–Crippen LogP) is 3.42. The minimum absolute atomic E-state index is 0.643. The second-order valence-corrected chi connectivity index (χ2v) is 6.11. The number of benzene rings is 1. The quantitative estimate of drug-likeness (QED) is 0.807. The van der Waals surface area contributed by atoms with Crippen molar-refractivity contribution in [1.29, 1.82) is 0 Å². The van der Waals surface area contributed by atoms with Crippen LogP contribution in [-0.4, -0.2) is 47.5 Å². The van der Waals surface area contributed by atoms with E-state index in [0.717, 1.165) is 43.8 Å². The Morgan fingerprint density at radius 1 is 1.10 bits per heavy atom. The van der Waals surface area contributed by atoms with E-state index in [1.54, 1.807) is 0 Å². The predicted molar refractivity (Wildman–Crippen MR) is 88.8 cm³/mol. The van der Waals surface area contributed by atoms with E-state index >= 15 is 0 Å². The number of pyridine rings is 1. The first-order chi connectivity index (χ1) is 10.3. The molecule has 3 rings (SSSR count). The first-order valence-corrected chi connectivity index (χ1v) is 8.13. The normalized spacial score (nSPS) is 17.4. The summed E-state index contributed by atoms with van der Waals surface area (Å²) in [6, 6.07) is 10.3. The zero-order chi connectivity index (χ0) is 14.7. The number of rotatable bonds is 4. The molecule has 2 heterocycles. The van der Waals surface area contributed by atoms with Gasteiger partial charge in [-0.05, 0) is 25.1 Å². The lowest BCUT2D eigenvalue weighted by molar-refractivity contribution is 0.127. The summed E-state index contributed by atoms with van der Waals surface area (Å²) in [7, 11) is 0. The molecule has 0 radical (unpaired) electrons. The van der Waals surface area contributed by atoms with E-state index in [9.17, 15) is 0 Å². The molecule has 1 aromatic carbocycles. The maximum absolute atomic E-state index is 6.35. The molecule has 1 aliphatic rings. The van der Waals surface area contributed by atoms with Crippen LogP contribution in [0.1, 0.15) is 18.9 Å². The number of nitrogens with zero attached hydrogens (tertiary/aromatic N) is 3. The first kappa shape index (κ1) is 14.8. The Balaban J connectivity index is 1.69. The number of hydrogen-bond donors (Lipinski definition) is 0. The molecule has 4 heteroatoms. The van der Waals surface area contributed by atoms with E-state index < -0.39 is 0 Å². The molecule has 0 spiro atoms. The Labute approximate surface area is 131 Å². The highest BCUT2D eigenvalue weighted by Crippen LogP contribution is 2.22. The van der Waals surface area contributed by atoms with E-state index in [0.29, 0.717) is 5.15 Å². The fourth-order valence-corrected chi connectivity index (χ4v) is 3.18. The van der Waals surface area contributed by atoms with Crippen LogP contribution in [0.15, 0.2) is 30.3 Å². The number of aromatic nitrogens is 1. The van der Waals surface area contributed by atoms with Gasteiger partial charge in [0.05, 0.1) is 5.52 Å². The lowest BCUT2D eigenvalue weighted by atomic mass is 10.1. The molecule has 0 N–H and O–H groups in total.